The summed E-state index contributed by atoms with van der Waals surface area (Å²) in [6.07, 6.45) is 3.26. The molecule has 2 rings (SSSR count). The first-order valence-electron chi connectivity index (χ1n) is 6.36. The second-order valence-electron chi connectivity index (χ2n) is 5.25. The predicted octanol–water partition coefficient (Wildman–Crippen LogP) is 3.72. The van der Waals surface area contributed by atoms with Crippen LogP contribution in [0.15, 0.2) is 11.2 Å². The summed E-state index contributed by atoms with van der Waals surface area (Å²) >= 11 is 7.61. The summed E-state index contributed by atoms with van der Waals surface area (Å²) in [4.78, 5) is 11.2. The summed E-state index contributed by atoms with van der Waals surface area (Å²) < 4.78 is 0. The summed E-state index contributed by atoms with van der Waals surface area (Å²) in [5, 5.41) is 1.28. The number of rotatable bonds is 2. The first kappa shape index (κ1) is 13.9. The molecule has 1 saturated heterocycles. The van der Waals surface area contributed by atoms with Gasteiger partial charge in [0.05, 0.1) is 0 Å². The molecule has 18 heavy (non-hydrogen) atoms. The van der Waals surface area contributed by atoms with Crippen molar-refractivity contribution < 1.29 is 0 Å². The van der Waals surface area contributed by atoms with Crippen LogP contribution < -0.4 is 4.90 Å². The Morgan fingerprint density at radius 2 is 2.06 bits per heavy atom. The van der Waals surface area contributed by atoms with Crippen LogP contribution >= 0.6 is 23.4 Å². The maximum atomic E-state index is 6.08. The number of hydrogen-bond acceptors (Lipinski definition) is 4. The van der Waals surface area contributed by atoms with Crippen LogP contribution in [0.3, 0.4) is 0 Å². The third-order valence-electron chi connectivity index (χ3n) is 3.74. The third kappa shape index (κ3) is 2.91. The Labute approximate surface area is 118 Å². The Morgan fingerprint density at radius 3 is 2.72 bits per heavy atom. The lowest BCUT2D eigenvalue weighted by Crippen LogP contribution is -2.46. The molecule has 2 heterocycles. The van der Waals surface area contributed by atoms with Crippen molar-refractivity contribution in [1.29, 1.82) is 0 Å². The highest BCUT2D eigenvalue weighted by molar-refractivity contribution is 7.98. The van der Waals surface area contributed by atoms with E-state index in [0.717, 1.165) is 17.5 Å². The van der Waals surface area contributed by atoms with Gasteiger partial charge >= 0.3 is 0 Å². The molecule has 0 radical (unpaired) electrons. The van der Waals surface area contributed by atoms with E-state index in [2.05, 4.69) is 35.6 Å². The van der Waals surface area contributed by atoms with Crippen LogP contribution in [0.25, 0.3) is 0 Å². The van der Waals surface area contributed by atoms with Gasteiger partial charge in [-0.3, -0.25) is 0 Å². The molecule has 0 N–H and O–H groups in total. The number of aromatic nitrogens is 2. The molecule has 1 aromatic heterocycles. The average Bonchev–Trinajstić information content (AvgIpc) is 2.32. The van der Waals surface area contributed by atoms with Gasteiger partial charge in [-0.25, -0.2) is 9.97 Å². The number of thioether (sulfide) groups is 1. The van der Waals surface area contributed by atoms with Gasteiger partial charge < -0.3 is 4.90 Å². The van der Waals surface area contributed by atoms with Crippen molar-refractivity contribution in [2.45, 2.75) is 38.4 Å². The highest BCUT2D eigenvalue weighted by atomic mass is 35.5. The topological polar surface area (TPSA) is 29.0 Å². The minimum absolute atomic E-state index is 0.502. The lowest BCUT2D eigenvalue weighted by atomic mass is 9.86. The van der Waals surface area contributed by atoms with Gasteiger partial charge in [0.15, 0.2) is 5.16 Å². The highest BCUT2D eigenvalue weighted by Crippen LogP contribution is 2.31. The molecule has 3 unspecified atom stereocenters. The van der Waals surface area contributed by atoms with E-state index < -0.39 is 0 Å². The summed E-state index contributed by atoms with van der Waals surface area (Å²) in [5.41, 5.74) is 0. The molecular weight excluding hydrogens is 266 g/mol. The van der Waals surface area contributed by atoms with Gasteiger partial charge in [0.1, 0.15) is 11.0 Å². The second-order valence-corrected chi connectivity index (χ2v) is 6.41. The maximum absolute atomic E-state index is 6.08. The molecule has 3 atom stereocenters. The molecule has 0 amide bonds. The van der Waals surface area contributed by atoms with Crippen LogP contribution in [0.2, 0.25) is 5.15 Å². The number of halogens is 1. The van der Waals surface area contributed by atoms with Crippen LogP contribution in [0.1, 0.15) is 27.2 Å². The summed E-state index contributed by atoms with van der Waals surface area (Å²) in [6, 6.07) is 2.38. The van der Waals surface area contributed by atoms with E-state index >= 15 is 0 Å². The van der Waals surface area contributed by atoms with Crippen molar-refractivity contribution in [2.75, 3.05) is 17.7 Å². The molecule has 1 aliphatic heterocycles. The molecule has 1 fully saturated rings. The van der Waals surface area contributed by atoms with Gasteiger partial charge in [-0.1, -0.05) is 37.2 Å². The third-order valence-corrected chi connectivity index (χ3v) is 4.48. The minimum atomic E-state index is 0.502. The van der Waals surface area contributed by atoms with E-state index in [1.807, 2.05) is 12.3 Å². The van der Waals surface area contributed by atoms with Gasteiger partial charge in [-0.2, -0.15) is 0 Å². The lowest BCUT2D eigenvalue weighted by molar-refractivity contribution is 0.295. The molecule has 0 spiro atoms. The first-order chi connectivity index (χ1) is 8.51. The number of nitrogens with zero attached hydrogens (tertiary/aromatic N) is 3. The molecule has 0 aromatic carbocycles. The SMILES string of the molecule is CSc1nc(Cl)cc(N2CC(C)CC(C)C2C)n1. The number of anilines is 1. The molecule has 1 aliphatic rings. The van der Waals surface area contributed by atoms with E-state index in [4.69, 9.17) is 11.6 Å². The first-order valence-corrected chi connectivity index (χ1v) is 7.96. The van der Waals surface area contributed by atoms with Crippen molar-refractivity contribution >= 4 is 29.2 Å². The van der Waals surface area contributed by atoms with Gasteiger partial charge in [-0.05, 0) is 31.4 Å². The smallest absolute Gasteiger partial charge is 0.190 e. The maximum Gasteiger partial charge on any atom is 0.190 e. The molecule has 1 aromatic rings. The van der Waals surface area contributed by atoms with E-state index in [9.17, 15) is 0 Å². The summed E-state index contributed by atoms with van der Waals surface area (Å²) in [7, 11) is 0. The Kier molecular flexibility index (Phi) is 4.38. The zero-order valence-electron chi connectivity index (χ0n) is 11.4. The molecule has 100 valence electrons. The second kappa shape index (κ2) is 5.66. The van der Waals surface area contributed by atoms with Crippen LogP contribution in [-0.2, 0) is 0 Å². The van der Waals surface area contributed by atoms with Crippen LogP contribution in [0.5, 0.6) is 0 Å². The van der Waals surface area contributed by atoms with Gasteiger partial charge in [0.2, 0.25) is 0 Å². The standard InChI is InChI=1S/C13H20ClN3S/c1-8-5-9(2)10(3)17(7-8)12-6-11(14)15-13(16-12)18-4/h6,8-10H,5,7H2,1-4H3. The minimum Gasteiger partial charge on any atom is -0.353 e. The van der Waals surface area contributed by atoms with E-state index in [0.29, 0.717) is 23.0 Å². The van der Waals surface area contributed by atoms with E-state index in [-0.39, 0.29) is 0 Å². The van der Waals surface area contributed by atoms with E-state index in [1.165, 1.54) is 18.2 Å². The predicted molar refractivity (Wildman–Crippen MR) is 78.6 cm³/mol. The summed E-state index contributed by atoms with van der Waals surface area (Å²) in [6.45, 7) is 7.93. The summed E-state index contributed by atoms with van der Waals surface area (Å²) in [5.74, 6) is 2.34. The molecule has 5 heteroatoms. The zero-order chi connectivity index (χ0) is 13.3. The van der Waals surface area contributed by atoms with Crippen LogP contribution in [0.4, 0.5) is 5.82 Å². The number of hydrogen-bond donors (Lipinski definition) is 0. The monoisotopic (exact) mass is 285 g/mol. The fourth-order valence-corrected chi connectivity index (χ4v) is 3.24. The normalized spacial score (nSPS) is 28.5. The molecule has 0 aliphatic carbocycles. The van der Waals surface area contributed by atoms with Crippen LogP contribution in [-0.4, -0.2) is 28.8 Å². The fraction of sp³-hybridized carbons (Fsp3) is 0.692. The number of piperidine rings is 1. The average molecular weight is 286 g/mol. The largest absolute Gasteiger partial charge is 0.353 e. The molecule has 0 saturated carbocycles. The molecular formula is C13H20ClN3S. The Balaban J connectivity index is 2.31. The van der Waals surface area contributed by atoms with E-state index in [1.54, 1.807) is 0 Å². The van der Waals surface area contributed by atoms with Gasteiger partial charge in [0, 0.05) is 18.7 Å². The molecule has 3 nitrogen and oxygen atoms in total. The van der Waals surface area contributed by atoms with Crippen LogP contribution in [0, 0.1) is 11.8 Å². The Morgan fingerprint density at radius 1 is 1.33 bits per heavy atom. The Bertz CT molecular complexity index is 427. The van der Waals surface area contributed by atoms with Crippen molar-refractivity contribution in [1.82, 2.24) is 9.97 Å². The Hall–Kier alpha value is -0.480. The fourth-order valence-electron chi connectivity index (χ4n) is 2.64. The van der Waals surface area contributed by atoms with Gasteiger partial charge in [-0.15, -0.1) is 0 Å². The van der Waals surface area contributed by atoms with Crippen molar-refractivity contribution in [3.05, 3.63) is 11.2 Å². The van der Waals surface area contributed by atoms with Crippen molar-refractivity contribution in [3.8, 4) is 0 Å². The molecule has 0 bridgehead atoms. The lowest BCUT2D eigenvalue weighted by Gasteiger charge is -2.41. The van der Waals surface area contributed by atoms with Crippen molar-refractivity contribution in [3.63, 3.8) is 0 Å². The van der Waals surface area contributed by atoms with Crippen molar-refractivity contribution in [2.24, 2.45) is 11.8 Å². The van der Waals surface area contributed by atoms with Gasteiger partial charge in [0.25, 0.3) is 0 Å². The quantitative estimate of drug-likeness (QED) is 0.470. The highest BCUT2D eigenvalue weighted by Gasteiger charge is 2.29. The zero-order valence-corrected chi connectivity index (χ0v) is 12.9.